The number of aliphatic hydroxyl groups is 1. The average Bonchev–Trinajstić information content (AvgIpc) is 2.65. The van der Waals surface area contributed by atoms with Crippen molar-refractivity contribution in [3.05, 3.63) is 57.2 Å². The van der Waals surface area contributed by atoms with Crippen LogP contribution >= 0.6 is 22.6 Å². The number of Topliss-reactive ketones (excluding diaryl/α,β-unsaturated/α-hetero) is 1. The third kappa shape index (κ3) is 6.57. The molecular formula is C21H25IN2O4. The molecule has 1 atom stereocenters. The van der Waals surface area contributed by atoms with E-state index in [1.165, 1.54) is 6.92 Å². The van der Waals surface area contributed by atoms with Crippen LogP contribution in [0.5, 0.6) is 5.75 Å². The van der Waals surface area contributed by atoms with Gasteiger partial charge in [0.1, 0.15) is 18.5 Å². The number of benzene rings is 2. The molecule has 7 heteroatoms. The largest absolute Gasteiger partial charge is 0.490 e. The maximum Gasteiger partial charge on any atom is 0.256 e. The minimum absolute atomic E-state index is 0.0634. The van der Waals surface area contributed by atoms with E-state index < -0.39 is 6.10 Å². The molecule has 0 aliphatic heterocycles. The Bertz CT molecular complexity index is 839. The normalized spacial score (nSPS) is 11.9. The van der Waals surface area contributed by atoms with Crippen molar-refractivity contribution in [2.75, 3.05) is 18.5 Å². The Hall–Kier alpha value is -1.97. The van der Waals surface area contributed by atoms with Gasteiger partial charge in [0, 0.05) is 21.8 Å². The Balaban J connectivity index is 2.09. The van der Waals surface area contributed by atoms with E-state index >= 15 is 0 Å². The van der Waals surface area contributed by atoms with E-state index in [-0.39, 0.29) is 24.3 Å². The minimum Gasteiger partial charge on any atom is -0.490 e. The molecular weight excluding hydrogens is 471 g/mol. The predicted molar refractivity (Wildman–Crippen MR) is 118 cm³/mol. The van der Waals surface area contributed by atoms with Crippen LogP contribution in [0.2, 0.25) is 0 Å². The number of ether oxygens (including phenoxy) is 1. The van der Waals surface area contributed by atoms with E-state index in [0.29, 0.717) is 29.1 Å². The highest BCUT2D eigenvalue weighted by molar-refractivity contribution is 14.1. The first kappa shape index (κ1) is 22.3. The maximum atomic E-state index is 12.5. The van der Waals surface area contributed by atoms with Gasteiger partial charge in [-0.3, -0.25) is 9.59 Å². The van der Waals surface area contributed by atoms with Crippen LogP contribution in [0.15, 0.2) is 42.5 Å². The van der Waals surface area contributed by atoms with Crippen LogP contribution in [0.4, 0.5) is 5.69 Å². The molecule has 0 aliphatic rings. The molecule has 0 spiro atoms. The predicted octanol–water partition coefficient (Wildman–Crippen LogP) is 3.48. The van der Waals surface area contributed by atoms with Crippen molar-refractivity contribution in [3.8, 4) is 5.75 Å². The number of hydrogen-bond acceptors (Lipinski definition) is 5. The van der Waals surface area contributed by atoms with Crippen LogP contribution < -0.4 is 15.4 Å². The Morgan fingerprint density at radius 3 is 2.50 bits per heavy atom. The lowest BCUT2D eigenvalue weighted by Crippen LogP contribution is -2.35. The number of ketones is 1. The van der Waals surface area contributed by atoms with Crippen LogP contribution in [0.3, 0.4) is 0 Å². The van der Waals surface area contributed by atoms with Gasteiger partial charge in [-0.05, 0) is 59.8 Å². The molecule has 1 unspecified atom stereocenters. The van der Waals surface area contributed by atoms with Crippen molar-refractivity contribution >= 4 is 40.0 Å². The molecule has 0 radical (unpaired) electrons. The van der Waals surface area contributed by atoms with Crippen LogP contribution in [0.25, 0.3) is 0 Å². The molecule has 1 amide bonds. The molecule has 0 aromatic heterocycles. The highest BCUT2D eigenvalue weighted by Crippen LogP contribution is 2.24. The first-order valence-electron chi connectivity index (χ1n) is 9.03. The van der Waals surface area contributed by atoms with Gasteiger partial charge in [-0.15, -0.1) is 0 Å². The average molecular weight is 496 g/mol. The molecule has 0 aliphatic carbocycles. The SMILES string of the molecule is CC(=O)c1cc(NC(=O)c2ccccc2I)ccc1OCC(O)CNC(C)C. The smallest absolute Gasteiger partial charge is 0.256 e. The van der Waals surface area contributed by atoms with E-state index in [4.69, 9.17) is 4.74 Å². The summed E-state index contributed by atoms with van der Waals surface area (Å²) in [5.41, 5.74) is 1.42. The van der Waals surface area contributed by atoms with Crippen molar-refractivity contribution in [2.45, 2.75) is 32.9 Å². The first-order valence-corrected chi connectivity index (χ1v) is 10.1. The zero-order chi connectivity index (χ0) is 20.7. The molecule has 0 fully saturated rings. The third-order valence-electron chi connectivity index (χ3n) is 3.93. The van der Waals surface area contributed by atoms with E-state index in [2.05, 4.69) is 33.2 Å². The van der Waals surface area contributed by atoms with Gasteiger partial charge in [-0.25, -0.2) is 0 Å². The summed E-state index contributed by atoms with van der Waals surface area (Å²) in [5, 5.41) is 15.9. The molecule has 2 aromatic rings. The Morgan fingerprint density at radius 1 is 1.14 bits per heavy atom. The van der Waals surface area contributed by atoms with Gasteiger partial charge >= 0.3 is 0 Å². The molecule has 0 saturated carbocycles. The number of halogens is 1. The van der Waals surface area contributed by atoms with Crippen LogP contribution in [-0.4, -0.2) is 42.1 Å². The van der Waals surface area contributed by atoms with Gasteiger partial charge in [-0.2, -0.15) is 0 Å². The second-order valence-electron chi connectivity index (χ2n) is 6.73. The summed E-state index contributed by atoms with van der Waals surface area (Å²) in [4.78, 5) is 24.5. The quantitative estimate of drug-likeness (QED) is 0.366. The van der Waals surface area contributed by atoms with Crippen molar-refractivity contribution in [1.82, 2.24) is 5.32 Å². The number of hydrogen-bond donors (Lipinski definition) is 3. The zero-order valence-corrected chi connectivity index (χ0v) is 18.3. The number of carbonyl (C=O) groups is 2. The summed E-state index contributed by atoms with van der Waals surface area (Å²) < 4.78 is 6.47. The molecule has 28 heavy (non-hydrogen) atoms. The standard InChI is InChI=1S/C21H25IN2O4/c1-13(2)23-11-16(26)12-28-20-9-8-15(10-18(20)14(3)25)24-21(27)17-6-4-5-7-19(17)22/h4-10,13,16,23,26H,11-12H2,1-3H3,(H,24,27). The molecule has 6 nitrogen and oxygen atoms in total. The zero-order valence-electron chi connectivity index (χ0n) is 16.2. The number of amides is 1. The van der Waals surface area contributed by atoms with E-state index in [1.54, 1.807) is 30.3 Å². The van der Waals surface area contributed by atoms with Gasteiger partial charge in [0.05, 0.1) is 11.1 Å². The van der Waals surface area contributed by atoms with E-state index in [1.807, 2.05) is 26.0 Å². The highest BCUT2D eigenvalue weighted by atomic mass is 127. The summed E-state index contributed by atoms with van der Waals surface area (Å²) in [5.74, 6) is -0.0538. The molecule has 0 saturated heterocycles. The summed E-state index contributed by atoms with van der Waals surface area (Å²) in [7, 11) is 0. The second kappa shape index (κ2) is 10.5. The lowest BCUT2D eigenvalue weighted by Gasteiger charge is -2.17. The molecule has 3 N–H and O–H groups in total. The lowest BCUT2D eigenvalue weighted by molar-refractivity contribution is 0.0967. The number of carbonyl (C=O) groups excluding carboxylic acids is 2. The van der Waals surface area contributed by atoms with Gasteiger partial charge in [-0.1, -0.05) is 26.0 Å². The summed E-state index contributed by atoms with van der Waals surface area (Å²) in [6.07, 6.45) is -0.693. The summed E-state index contributed by atoms with van der Waals surface area (Å²) >= 11 is 2.10. The van der Waals surface area contributed by atoms with Gasteiger partial charge in [0.15, 0.2) is 5.78 Å². The monoisotopic (exact) mass is 496 g/mol. The fraction of sp³-hybridized carbons (Fsp3) is 0.333. The fourth-order valence-corrected chi connectivity index (χ4v) is 3.10. The summed E-state index contributed by atoms with van der Waals surface area (Å²) in [6.45, 7) is 5.88. The summed E-state index contributed by atoms with van der Waals surface area (Å²) in [6, 6.07) is 12.4. The van der Waals surface area contributed by atoms with Crippen molar-refractivity contribution in [1.29, 1.82) is 0 Å². The molecule has 0 bridgehead atoms. The van der Waals surface area contributed by atoms with E-state index in [9.17, 15) is 14.7 Å². The number of aliphatic hydroxyl groups excluding tert-OH is 1. The Labute approximate surface area is 178 Å². The highest BCUT2D eigenvalue weighted by Gasteiger charge is 2.15. The van der Waals surface area contributed by atoms with E-state index in [0.717, 1.165) is 3.57 Å². The van der Waals surface area contributed by atoms with Gasteiger partial charge in [0.25, 0.3) is 5.91 Å². The third-order valence-corrected chi connectivity index (χ3v) is 4.87. The molecule has 2 aromatic carbocycles. The topological polar surface area (TPSA) is 87.7 Å². The number of anilines is 1. The van der Waals surface area contributed by atoms with Crippen molar-refractivity contribution in [3.63, 3.8) is 0 Å². The van der Waals surface area contributed by atoms with Crippen LogP contribution in [0, 0.1) is 3.57 Å². The number of rotatable bonds is 9. The lowest BCUT2D eigenvalue weighted by atomic mass is 10.1. The second-order valence-corrected chi connectivity index (χ2v) is 7.89. The Morgan fingerprint density at radius 2 is 1.86 bits per heavy atom. The first-order chi connectivity index (χ1) is 13.3. The Kier molecular flexibility index (Phi) is 8.40. The number of nitrogens with one attached hydrogen (secondary N) is 2. The van der Waals surface area contributed by atoms with Crippen LogP contribution in [-0.2, 0) is 0 Å². The fourth-order valence-electron chi connectivity index (χ4n) is 2.47. The van der Waals surface area contributed by atoms with Gasteiger partial charge < -0.3 is 20.5 Å². The maximum absolute atomic E-state index is 12.5. The molecule has 150 valence electrons. The molecule has 2 rings (SSSR count). The molecule has 0 heterocycles. The van der Waals surface area contributed by atoms with Gasteiger partial charge in [0.2, 0.25) is 0 Å². The van der Waals surface area contributed by atoms with Crippen molar-refractivity contribution < 1.29 is 19.4 Å². The minimum atomic E-state index is -0.693. The van der Waals surface area contributed by atoms with Crippen molar-refractivity contribution in [2.24, 2.45) is 0 Å². The van der Waals surface area contributed by atoms with Crippen LogP contribution in [0.1, 0.15) is 41.5 Å².